The zero-order valence-electron chi connectivity index (χ0n) is 19.0. The standard InChI is InChI=1S/C23H35ClN3O3P/c1-5-21(31(4)6-2)27-20-15-16(11-12-19(20)24)26-23(29)18-10-8-7-9-17(18)22(28)25-13-14-30-3/h11-12,15,21,27H,5-10,13-14H2,1-4H3,(H,25,28)(H,26,29). The third kappa shape index (κ3) is 7.48. The highest BCUT2D eigenvalue weighted by atomic mass is 35.5. The Bertz CT molecular complexity index is 800. The maximum absolute atomic E-state index is 13.0. The summed E-state index contributed by atoms with van der Waals surface area (Å²) in [5.74, 6) is -0.0304. The second-order valence-corrected chi connectivity index (χ2v) is 10.9. The summed E-state index contributed by atoms with van der Waals surface area (Å²) in [4.78, 5) is 25.6. The zero-order chi connectivity index (χ0) is 22.8. The number of carbonyl (C=O) groups is 2. The molecule has 0 aromatic heterocycles. The first-order valence-electron chi connectivity index (χ1n) is 11.0. The molecule has 0 spiro atoms. The lowest BCUT2D eigenvalue weighted by Gasteiger charge is -2.25. The Morgan fingerprint density at radius 2 is 1.84 bits per heavy atom. The van der Waals surface area contributed by atoms with Crippen molar-refractivity contribution in [2.75, 3.05) is 43.7 Å². The monoisotopic (exact) mass is 467 g/mol. The Kier molecular flexibility index (Phi) is 10.8. The molecule has 0 saturated carbocycles. The van der Waals surface area contributed by atoms with Crippen molar-refractivity contribution in [2.24, 2.45) is 0 Å². The van der Waals surface area contributed by atoms with Crippen molar-refractivity contribution >= 4 is 42.7 Å². The van der Waals surface area contributed by atoms with Crippen LogP contribution in [0.3, 0.4) is 0 Å². The molecular weight excluding hydrogens is 433 g/mol. The van der Waals surface area contributed by atoms with E-state index in [9.17, 15) is 9.59 Å². The van der Waals surface area contributed by atoms with E-state index in [1.54, 1.807) is 19.2 Å². The molecular formula is C23H35ClN3O3P. The normalized spacial score (nSPS) is 15.9. The highest BCUT2D eigenvalue weighted by Gasteiger charge is 2.24. The third-order valence-corrected chi connectivity index (χ3v) is 8.46. The van der Waals surface area contributed by atoms with E-state index in [0.717, 1.165) is 31.1 Å². The fourth-order valence-corrected chi connectivity index (χ4v) is 5.22. The molecule has 2 amide bonds. The van der Waals surface area contributed by atoms with Gasteiger partial charge in [0.1, 0.15) is 0 Å². The molecule has 8 heteroatoms. The molecule has 1 aliphatic carbocycles. The molecule has 1 aliphatic rings. The van der Waals surface area contributed by atoms with Crippen molar-refractivity contribution in [1.82, 2.24) is 5.32 Å². The van der Waals surface area contributed by atoms with Gasteiger partial charge in [0.25, 0.3) is 5.91 Å². The summed E-state index contributed by atoms with van der Waals surface area (Å²) in [7, 11) is 1.44. The van der Waals surface area contributed by atoms with Gasteiger partial charge < -0.3 is 20.7 Å². The average molecular weight is 468 g/mol. The highest BCUT2D eigenvalue weighted by molar-refractivity contribution is 7.57. The molecule has 3 N–H and O–H groups in total. The molecule has 0 radical (unpaired) electrons. The van der Waals surface area contributed by atoms with Crippen LogP contribution in [0.2, 0.25) is 5.02 Å². The molecule has 2 atom stereocenters. The number of hydrogen-bond acceptors (Lipinski definition) is 4. The van der Waals surface area contributed by atoms with Crippen LogP contribution < -0.4 is 16.0 Å². The third-order valence-electron chi connectivity index (χ3n) is 5.57. The minimum Gasteiger partial charge on any atom is -0.383 e. The number of benzene rings is 1. The number of hydrogen-bond donors (Lipinski definition) is 3. The molecule has 2 unspecified atom stereocenters. The molecule has 172 valence electrons. The van der Waals surface area contributed by atoms with Crippen LogP contribution in [0.15, 0.2) is 29.3 Å². The Morgan fingerprint density at radius 3 is 2.45 bits per heavy atom. The summed E-state index contributed by atoms with van der Waals surface area (Å²) in [5, 5.41) is 9.99. The van der Waals surface area contributed by atoms with Crippen LogP contribution in [0.1, 0.15) is 46.0 Å². The van der Waals surface area contributed by atoms with E-state index >= 15 is 0 Å². The SMILES string of the molecule is CCC(Nc1cc(NC(=O)C2=C(C(=O)NCCOC)CCCC2)ccc1Cl)P(C)CC. The molecule has 1 aromatic rings. The summed E-state index contributed by atoms with van der Waals surface area (Å²) in [6.07, 6.45) is 5.18. The number of anilines is 2. The van der Waals surface area contributed by atoms with Crippen molar-refractivity contribution < 1.29 is 14.3 Å². The quantitative estimate of drug-likeness (QED) is 0.309. The number of rotatable bonds is 11. The van der Waals surface area contributed by atoms with E-state index in [2.05, 4.69) is 36.5 Å². The Morgan fingerprint density at radius 1 is 1.16 bits per heavy atom. The fourth-order valence-electron chi connectivity index (χ4n) is 3.62. The average Bonchev–Trinajstić information content (AvgIpc) is 2.78. The summed E-state index contributed by atoms with van der Waals surface area (Å²) in [6, 6.07) is 5.47. The molecule has 6 nitrogen and oxygen atoms in total. The summed E-state index contributed by atoms with van der Waals surface area (Å²) >= 11 is 6.42. The van der Waals surface area contributed by atoms with Crippen LogP contribution in [0.4, 0.5) is 11.4 Å². The van der Waals surface area contributed by atoms with Crippen LogP contribution in [0.25, 0.3) is 0 Å². The first kappa shape index (κ1) is 25.6. The van der Waals surface area contributed by atoms with Gasteiger partial charge in [0.2, 0.25) is 5.91 Å². The van der Waals surface area contributed by atoms with Crippen LogP contribution in [-0.2, 0) is 14.3 Å². The lowest BCUT2D eigenvalue weighted by atomic mass is 9.90. The number of methoxy groups -OCH3 is 1. The van der Waals surface area contributed by atoms with E-state index in [4.69, 9.17) is 16.3 Å². The van der Waals surface area contributed by atoms with Gasteiger partial charge in [-0.25, -0.2) is 0 Å². The van der Waals surface area contributed by atoms with Crippen molar-refractivity contribution in [1.29, 1.82) is 0 Å². The number of nitrogens with one attached hydrogen (secondary N) is 3. The lowest BCUT2D eigenvalue weighted by Crippen LogP contribution is -2.31. The van der Waals surface area contributed by atoms with Gasteiger partial charge in [-0.1, -0.05) is 33.4 Å². The summed E-state index contributed by atoms with van der Waals surface area (Å²) in [6.45, 7) is 7.52. The molecule has 0 saturated heterocycles. The first-order valence-corrected chi connectivity index (χ1v) is 13.4. The van der Waals surface area contributed by atoms with Crippen LogP contribution in [0.5, 0.6) is 0 Å². The van der Waals surface area contributed by atoms with Crippen molar-refractivity contribution in [3.8, 4) is 0 Å². The molecule has 0 bridgehead atoms. The number of amides is 2. The number of ether oxygens (including phenoxy) is 1. The van der Waals surface area contributed by atoms with Gasteiger partial charge in [0.05, 0.1) is 17.3 Å². The predicted molar refractivity (Wildman–Crippen MR) is 132 cm³/mol. The van der Waals surface area contributed by atoms with Gasteiger partial charge in [0.15, 0.2) is 0 Å². The second-order valence-electron chi connectivity index (χ2n) is 7.70. The van der Waals surface area contributed by atoms with Crippen LogP contribution in [0, 0.1) is 0 Å². The van der Waals surface area contributed by atoms with Crippen molar-refractivity contribution in [3.63, 3.8) is 0 Å². The van der Waals surface area contributed by atoms with Gasteiger partial charge in [-0.3, -0.25) is 9.59 Å². The minimum atomic E-state index is -0.219. The molecule has 0 fully saturated rings. The molecule has 1 aromatic carbocycles. The molecule has 2 rings (SSSR count). The minimum absolute atomic E-state index is 0.152. The van der Waals surface area contributed by atoms with Gasteiger partial charge in [-0.2, -0.15) is 0 Å². The predicted octanol–water partition coefficient (Wildman–Crippen LogP) is 5.19. The van der Waals surface area contributed by atoms with Gasteiger partial charge in [0, 0.05) is 36.3 Å². The molecule has 0 aliphatic heterocycles. The van der Waals surface area contributed by atoms with Gasteiger partial charge in [-0.05, 0) is 63.1 Å². The van der Waals surface area contributed by atoms with E-state index in [1.807, 2.05) is 6.07 Å². The first-order chi connectivity index (χ1) is 14.9. The Balaban J connectivity index is 2.17. The fraction of sp³-hybridized carbons (Fsp3) is 0.565. The van der Waals surface area contributed by atoms with Gasteiger partial charge in [-0.15, -0.1) is 0 Å². The number of carbonyl (C=O) groups excluding carboxylic acids is 2. The Labute approximate surface area is 192 Å². The van der Waals surface area contributed by atoms with Crippen molar-refractivity contribution in [2.45, 2.75) is 51.7 Å². The summed E-state index contributed by atoms with van der Waals surface area (Å²) in [5.41, 5.74) is 2.64. The smallest absolute Gasteiger partial charge is 0.252 e. The van der Waals surface area contributed by atoms with Gasteiger partial charge >= 0.3 is 0 Å². The van der Waals surface area contributed by atoms with E-state index in [-0.39, 0.29) is 19.7 Å². The lowest BCUT2D eigenvalue weighted by molar-refractivity contribution is -0.119. The Hall–Kier alpha value is -1.62. The molecule has 31 heavy (non-hydrogen) atoms. The maximum atomic E-state index is 13.0. The van der Waals surface area contributed by atoms with E-state index in [1.165, 1.54) is 0 Å². The topological polar surface area (TPSA) is 79.5 Å². The van der Waals surface area contributed by atoms with E-state index < -0.39 is 0 Å². The largest absolute Gasteiger partial charge is 0.383 e. The van der Waals surface area contributed by atoms with Crippen LogP contribution in [-0.4, -0.2) is 50.7 Å². The maximum Gasteiger partial charge on any atom is 0.252 e. The summed E-state index contributed by atoms with van der Waals surface area (Å²) < 4.78 is 4.99. The molecule has 0 heterocycles. The van der Waals surface area contributed by atoms with E-state index in [0.29, 0.717) is 53.6 Å². The second kappa shape index (κ2) is 13.0. The van der Waals surface area contributed by atoms with Crippen molar-refractivity contribution in [3.05, 3.63) is 34.4 Å². The zero-order valence-corrected chi connectivity index (χ0v) is 20.7. The highest BCUT2D eigenvalue weighted by Crippen LogP contribution is 2.40. The number of halogens is 1. The van der Waals surface area contributed by atoms with Crippen LogP contribution >= 0.6 is 19.5 Å².